The van der Waals surface area contributed by atoms with Crippen molar-refractivity contribution in [2.45, 2.75) is 52.6 Å². The monoisotopic (exact) mass is 268 g/mol. The Morgan fingerprint density at radius 1 is 1.42 bits per heavy atom. The summed E-state index contributed by atoms with van der Waals surface area (Å²) in [6.07, 6.45) is 7.12. The number of nitrogens with zero attached hydrogens (tertiary/aromatic N) is 3. The van der Waals surface area contributed by atoms with Crippen molar-refractivity contribution in [1.29, 1.82) is 0 Å². The number of hydrogen-bond acceptors (Lipinski definition) is 4. The summed E-state index contributed by atoms with van der Waals surface area (Å²) in [4.78, 5) is 0. The molecule has 1 unspecified atom stereocenters. The number of methoxy groups -OCH3 is 1. The van der Waals surface area contributed by atoms with Gasteiger partial charge in [-0.15, -0.1) is 5.10 Å². The molecule has 0 radical (unpaired) electrons. The molecule has 0 aliphatic heterocycles. The largest absolute Gasteiger partial charge is 0.383 e. The summed E-state index contributed by atoms with van der Waals surface area (Å²) in [5.41, 5.74) is 1.00. The van der Waals surface area contributed by atoms with Gasteiger partial charge in [0, 0.05) is 32.9 Å². The van der Waals surface area contributed by atoms with Gasteiger partial charge in [0.05, 0.1) is 12.3 Å². The molecule has 0 spiro atoms. The fourth-order valence-electron chi connectivity index (χ4n) is 2.08. The van der Waals surface area contributed by atoms with E-state index in [1.54, 1.807) is 7.11 Å². The van der Waals surface area contributed by atoms with E-state index in [1.165, 1.54) is 25.7 Å². The maximum absolute atomic E-state index is 4.99. The Morgan fingerprint density at radius 3 is 2.95 bits per heavy atom. The quantitative estimate of drug-likeness (QED) is 0.625. The van der Waals surface area contributed by atoms with E-state index in [9.17, 15) is 0 Å². The Labute approximate surface area is 116 Å². The van der Waals surface area contributed by atoms with Crippen LogP contribution >= 0.6 is 0 Å². The van der Waals surface area contributed by atoms with Crippen LogP contribution in [-0.4, -0.2) is 35.3 Å². The molecule has 19 heavy (non-hydrogen) atoms. The van der Waals surface area contributed by atoms with Crippen molar-refractivity contribution in [3.8, 4) is 0 Å². The van der Waals surface area contributed by atoms with Gasteiger partial charge in [0.1, 0.15) is 0 Å². The molecule has 1 N–H and O–H groups in total. The molecule has 1 heterocycles. The van der Waals surface area contributed by atoms with Crippen LogP contribution in [0.4, 0.5) is 0 Å². The predicted molar refractivity (Wildman–Crippen MR) is 76.9 cm³/mol. The van der Waals surface area contributed by atoms with E-state index in [2.05, 4.69) is 35.7 Å². The second-order valence-corrected chi connectivity index (χ2v) is 5.02. The molecule has 1 atom stereocenters. The lowest BCUT2D eigenvalue weighted by atomic mass is 9.99. The van der Waals surface area contributed by atoms with E-state index < -0.39 is 0 Å². The number of unbranched alkanes of at least 4 members (excludes halogenated alkanes) is 1. The topological polar surface area (TPSA) is 52.0 Å². The van der Waals surface area contributed by atoms with Crippen LogP contribution in [0.25, 0.3) is 0 Å². The van der Waals surface area contributed by atoms with Gasteiger partial charge in [-0.05, 0) is 12.3 Å². The van der Waals surface area contributed by atoms with Crippen LogP contribution in [0.2, 0.25) is 0 Å². The zero-order valence-corrected chi connectivity index (χ0v) is 12.6. The summed E-state index contributed by atoms with van der Waals surface area (Å²) in [5, 5.41) is 11.7. The molecule has 0 amide bonds. The average Bonchev–Trinajstić information content (AvgIpc) is 2.87. The summed E-state index contributed by atoms with van der Waals surface area (Å²) in [6, 6.07) is 0. The highest BCUT2D eigenvalue weighted by molar-refractivity contribution is 4.91. The summed E-state index contributed by atoms with van der Waals surface area (Å²) in [7, 11) is 1.71. The van der Waals surface area contributed by atoms with Crippen molar-refractivity contribution < 1.29 is 4.74 Å². The van der Waals surface area contributed by atoms with E-state index in [0.29, 0.717) is 0 Å². The molecular weight excluding hydrogens is 240 g/mol. The van der Waals surface area contributed by atoms with Gasteiger partial charge in [0.25, 0.3) is 0 Å². The molecule has 1 aromatic heterocycles. The molecule has 5 nitrogen and oxygen atoms in total. The molecule has 0 aromatic carbocycles. The van der Waals surface area contributed by atoms with Crippen LogP contribution < -0.4 is 5.32 Å². The van der Waals surface area contributed by atoms with E-state index in [1.807, 2.05) is 4.68 Å². The van der Waals surface area contributed by atoms with Crippen molar-refractivity contribution in [3.63, 3.8) is 0 Å². The van der Waals surface area contributed by atoms with Crippen LogP contribution in [0.5, 0.6) is 0 Å². The Kier molecular flexibility index (Phi) is 8.41. The average molecular weight is 268 g/mol. The third-order valence-corrected chi connectivity index (χ3v) is 3.36. The molecule has 0 saturated carbocycles. The normalized spacial score (nSPS) is 12.8. The van der Waals surface area contributed by atoms with E-state index in [4.69, 9.17) is 4.74 Å². The first-order chi connectivity index (χ1) is 9.30. The minimum Gasteiger partial charge on any atom is -0.383 e. The Morgan fingerprint density at radius 2 is 2.26 bits per heavy atom. The van der Waals surface area contributed by atoms with Crippen molar-refractivity contribution in [2.24, 2.45) is 5.92 Å². The third-order valence-electron chi connectivity index (χ3n) is 3.36. The van der Waals surface area contributed by atoms with Gasteiger partial charge in [-0.1, -0.05) is 38.3 Å². The Bertz CT molecular complexity index is 327. The fourth-order valence-corrected chi connectivity index (χ4v) is 2.08. The highest BCUT2D eigenvalue weighted by Gasteiger charge is 2.08. The minimum absolute atomic E-state index is 0.718. The molecule has 110 valence electrons. The Hall–Kier alpha value is -0.940. The molecular formula is C14H28N4O. The van der Waals surface area contributed by atoms with Gasteiger partial charge in [-0.25, -0.2) is 0 Å². The maximum Gasteiger partial charge on any atom is 0.0964 e. The summed E-state index contributed by atoms with van der Waals surface area (Å²) in [6.45, 7) is 7.81. The number of ether oxygens (including phenoxy) is 1. The molecule has 1 rings (SSSR count). The number of aromatic nitrogens is 3. The van der Waals surface area contributed by atoms with Gasteiger partial charge in [-0.3, -0.25) is 4.68 Å². The van der Waals surface area contributed by atoms with E-state index in [0.717, 1.165) is 37.9 Å². The Balaban J connectivity index is 2.32. The van der Waals surface area contributed by atoms with Gasteiger partial charge in [0.2, 0.25) is 0 Å². The summed E-state index contributed by atoms with van der Waals surface area (Å²) < 4.78 is 6.97. The molecule has 0 fully saturated rings. The number of rotatable bonds is 11. The van der Waals surface area contributed by atoms with Crippen molar-refractivity contribution in [3.05, 3.63) is 11.9 Å². The van der Waals surface area contributed by atoms with Gasteiger partial charge in [0.15, 0.2) is 0 Å². The first kappa shape index (κ1) is 16.1. The maximum atomic E-state index is 4.99. The molecule has 0 bridgehead atoms. The molecule has 0 aliphatic carbocycles. The zero-order valence-electron chi connectivity index (χ0n) is 12.6. The van der Waals surface area contributed by atoms with Gasteiger partial charge in [-0.2, -0.15) is 0 Å². The highest BCUT2D eigenvalue weighted by atomic mass is 16.5. The van der Waals surface area contributed by atoms with E-state index >= 15 is 0 Å². The first-order valence-corrected chi connectivity index (χ1v) is 7.38. The summed E-state index contributed by atoms with van der Waals surface area (Å²) in [5.74, 6) is 0.718. The molecule has 5 heteroatoms. The first-order valence-electron chi connectivity index (χ1n) is 7.38. The second kappa shape index (κ2) is 9.92. The minimum atomic E-state index is 0.718. The van der Waals surface area contributed by atoms with Gasteiger partial charge >= 0.3 is 0 Å². The van der Waals surface area contributed by atoms with Gasteiger partial charge < -0.3 is 10.1 Å². The fraction of sp³-hybridized carbons (Fsp3) is 0.857. The second-order valence-electron chi connectivity index (χ2n) is 5.02. The van der Waals surface area contributed by atoms with Crippen LogP contribution in [-0.2, 0) is 17.8 Å². The standard InChI is InChI=1S/C14H28N4O/c1-4-6-7-13(5-2)11-18-12-14(16-17-18)10-15-8-9-19-3/h12-13,15H,4-11H2,1-3H3. The zero-order chi connectivity index (χ0) is 13.9. The third kappa shape index (κ3) is 6.68. The number of hydrogen-bond donors (Lipinski definition) is 1. The smallest absolute Gasteiger partial charge is 0.0964 e. The van der Waals surface area contributed by atoms with Crippen molar-refractivity contribution in [2.75, 3.05) is 20.3 Å². The van der Waals surface area contributed by atoms with E-state index in [-0.39, 0.29) is 0 Å². The lowest BCUT2D eigenvalue weighted by Crippen LogP contribution is -2.18. The molecule has 1 aromatic rings. The SMILES string of the molecule is CCCCC(CC)Cn1cc(CNCCOC)nn1. The van der Waals surface area contributed by atoms with Crippen molar-refractivity contribution >= 4 is 0 Å². The van der Waals surface area contributed by atoms with Crippen LogP contribution in [0.3, 0.4) is 0 Å². The predicted octanol–water partition coefficient (Wildman–Crippen LogP) is 2.23. The van der Waals surface area contributed by atoms with Crippen molar-refractivity contribution in [1.82, 2.24) is 20.3 Å². The highest BCUT2D eigenvalue weighted by Crippen LogP contribution is 2.14. The summed E-state index contributed by atoms with van der Waals surface area (Å²) >= 11 is 0. The molecule has 0 saturated heterocycles. The molecule has 0 aliphatic rings. The lowest BCUT2D eigenvalue weighted by Gasteiger charge is -2.13. The van der Waals surface area contributed by atoms with Crippen LogP contribution in [0, 0.1) is 5.92 Å². The van der Waals surface area contributed by atoms with Crippen LogP contribution in [0.15, 0.2) is 6.20 Å². The van der Waals surface area contributed by atoms with Crippen LogP contribution in [0.1, 0.15) is 45.2 Å². The number of nitrogens with one attached hydrogen (secondary N) is 1. The lowest BCUT2D eigenvalue weighted by molar-refractivity contribution is 0.199.